The van der Waals surface area contributed by atoms with Gasteiger partial charge < -0.3 is 4.74 Å². The number of carbonyl (C=O) groups is 1. The highest BCUT2D eigenvalue weighted by atomic mass is 79.9. The Morgan fingerprint density at radius 1 is 1.00 bits per heavy atom. The topological polar surface area (TPSA) is 26.3 Å². The van der Waals surface area contributed by atoms with Gasteiger partial charge in [-0.3, -0.25) is 4.79 Å². The SMILES string of the molecule is CC(C)CCC[C@H](C)[C@H]1CC[C@H]2[C@@H]3CC=C4C[C@@H](OC(=O)[C@@H](Br)Cc5ccccc5)CC[C@]4(C)[C@H]3CC[C@]12C. The van der Waals surface area contributed by atoms with Gasteiger partial charge in [0, 0.05) is 6.42 Å². The molecule has 0 aliphatic heterocycles. The first kappa shape index (κ1) is 29.4. The second-order valence-corrected chi connectivity index (χ2v) is 15.9. The molecule has 2 nitrogen and oxygen atoms in total. The van der Waals surface area contributed by atoms with Gasteiger partial charge in [0.05, 0.1) is 0 Å². The fraction of sp³-hybridized carbons (Fsp3) is 0.750. The average Bonchev–Trinajstić information content (AvgIpc) is 3.26. The minimum atomic E-state index is -0.281. The third kappa shape index (κ3) is 5.96. The molecule has 0 heterocycles. The molecule has 0 aromatic heterocycles. The fourth-order valence-corrected chi connectivity index (χ4v) is 10.4. The van der Waals surface area contributed by atoms with Crippen LogP contribution in [0.15, 0.2) is 42.0 Å². The molecule has 0 unspecified atom stereocenters. The molecule has 0 amide bonds. The van der Waals surface area contributed by atoms with Crippen molar-refractivity contribution < 1.29 is 9.53 Å². The lowest BCUT2D eigenvalue weighted by Crippen LogP contribution is -2.51. The molecular weight excluding hydrogens is 544 g/mol. The second kappa shape index (κ2) is 12.0. The maximum Gasteiger partial charge on any atom is 0.320 e. The lowest BCUT2D eigenvalue weighted by atomic mass is 9.47. The molecule has 0 saturated heterocycles. The first-order valence-corrected chi connectivity index (χ1v) is 17.1. The van der Waals surface area contributed by atoms with E-state index in [9.17, 15) is 4.79 Å². The van der Waals surface area contributed by atoms with Gasteiger partial charge in [-0.25, -0.2) is 0 Å². The van der Waals surface area contributed by atoms with Crippen LogP contribution in [-0.2, 0) is 16.0 Å². The van der Waals surface area contributed by atoms with Crippen LogP contribution in [0.5, 0.6) is 0 Å². The summed E-state index contributed by atoms with van der Waals surface area (Å²) in [5, 5.41) is 0. The van der Waals surface area contributed by atoms with Crippen LogP contribution in [0.2, 0.25) is 0 Å². The zero-order valence-electron chi connectivity index (χ0n) is 25.3. The Hall–Kier alpha value is -1.09. The number of fused-ring (bicyclic) bond motifs is 5. The summed E-state index contributed by atoms with van der Waals surface area (Å²) in [6, 6.07) is 10.2. The highest BCUT2D eigenvalue weighted by molar-refractivity contribution is 9.10. The van der Waals surface area contributed by atoms with Crippen molar-refractivity contribution in [3.63, 3.8) is 0 Å². The molecule has 0 bridgehead atoms. The third-order valence-corrected chi connectivity index (χ3v) is 12.8. The molecule has 5 rings (SSSR count). The van der Waals surface area contributed by atoms with Crippen LogP contribution in [-0.4, -0.2) is 16.9 Å². The van der Waals surface area contributed by atoms with Crippen molar-refractivity contribution in [3.8, 4) is 0 Å². The van der Waals surface area contributed by atoms with E-state index >= 15 is 0 Å². The van der Waals surface area contributed by atoms with E-state index in [0.717, 1.165) is 53.9 Å². The van der Waals surface area contributed by atoms with Gasteiger partial charge in [0.25, 0.3) is 0 Å². The molecule has 4 aliphatic carbocycles. The summed E-state index contributed by atoms with van der Waals surface area (Å²) in [6.45, 7) is 12.6. The molecule has 0 N–H and O–H groups in total. The van der Waals surface area contributed by atoms with E-state index in [1.54, 1.807) is 5.57 Å². The summed E-state index contributed by atoms with van der Waals surface area (Å²) in [7, 11) is 0. The first-order valence-electron chi connectivity index (χ1n) is 16.2. The van der Waals surface area contributed by atoms with Crippen molar-refractivity contribution in [2.75, 3.05) is 0 Å². The van der Waals surface area contributed by atoms with Crippen molar-refractivity contribution in [1.29, 1.82) is 0 Å². The predicted molar refractivity (Wildman–Crippen MR) is 166 cm³/mol. The Morgan fingerprint density at radius 2 is 1.77 bits per heavy atom. The van der Waals surface area contributed by atoms with E-state index in [1.165, 1.54) is 57.8 Å². The molecule has 1 aromatic rings. The van der Waals surface area contributed by atoms with Crippen molar-refractivity contribution in [2.45, 2.75) is 123 Å². The van der Waals surface area contributed by atoms with Gasteiger partial charge in [-0.1, -0.05) is 112 Å². The minimum Gasteiger partial charge on any atom is -0.461 e. The van der Waals surface area contributed by atoms with Gasteiger partial charge in [-0.2, -0.15) is 0 Å². The Labute approximate surface area is 247 Å². The molecule has 3 heteroatoms. The van der Waals surface area contributed by atoms with Gasteiger partial charge >= 0.3 is 5.97 Å². The highest BCUT2D eigenvalue weighted by Gasteiger charge is 2.59. The third-order valence-electron chi connectivity index (χ3n) is 12.1. The maximum absolute atomic E-state index is 12.9. The number of ether oxygens (including phenoxy) is 1. The van der Waals surface area contributed by atoms with Crippen LogP contribution in [0, 0.1) is 46.3 Å². The summed E-state index contributed by atoms with van der Waals surface area (Å²) in [4.78, 5) is 12.7. The molecule has 39 heavy (non-hydrogen) atoms. The molecular formula is C36H53BrO2. The number of carbonyl (C=O) groups excluding carboxylic acids is 1. The monoisotopic (exact) mass is 596 g/mol. The van der Waals surface area contributed by atoms with Gasteiger partial charge in [-0.05, 0) is 103 Å². The zero-order valence-corrected chi connectivity index (χ0v) is 26.8. The number of rotatable bonds is 9. The van der Waals surface area contributed by atoms with Crippen LogP contribution in [0.1, 0.15) is 111 Å². The predicted octanol–water partition coefficient (Wildman–Crippen LogP) is 9.95. The van der Waals surface area contributed by atoms with Gasteiger partial charge in [0.1, 0.15) is 10.9 Å². The molecule has 3 fully saturated rings. The number of allylic oxidation sites excluding steroid dienone is 1. The first-order chi connectivity index (χ1) is 18.6. The van der Waals surface area contributed by atoms with E-state index < -0.39 is 0 Å². The quantitative estimate of drug-likeness (QED) is 0.161. The normalized spacial score (nSPS) is 37.3. The van der Waals surface area contributed by atoms with E-state index in [2.05, 4.69) is 68.8 Å². The van der Waals surface area contributed by atoms with Gasteiger partial charge in [-0.15, -0.1) is 0 Å². The van der Waals surface area contributed by atoms with E-state index in [4.69, 9.17) is 4.74 Å². The van der Waals surface area contributed by atoms with E-state index in [0.29, 0.717) is 17.3 Å². The molecule has 1 aromatic carbocycles. The standard InChI is InChI=1S/C36H53BrO2/c1-24(2)10-9-11-25(3)30-16-17-31-29-15-14-27-23-28(18-20-35(27,4)32(29)19-21-36(30,31)5)39-34(38)33(37)22-26-12-7-6-8-13-26/h6-8,12-14,24-25,28-33H,9-11,15-23H2,1-5H3/t25-,28-,29-,30+,31-,32-,33-,35-,36+/m0/s1. The van der Waals surface area contributed by atoms with Crippen molar-refractivity contribution >= 4 is 21.9 Å². The Morgan fingerprint density at radius 3 is 2.51 bits per heavy atom. The van der Waals surface area contributed by atoms with Crippen LogP contribution < -0.4 is 0 Å². The van der Waals surface area contributed by atoms with Crippen LogP contribution in [0.25, 0.3) is 0 Å². The smallest absolute Gasteiger partial charge is 0.320 e. The minimum absolute atomic E-state index is 0.0283. The number of esters is 1. The summed E-state index contributed by atoms with van der Waals surface area (Å²) in [5.74, 6) is 5.06. The maximum atomic E-state index is 12.9. The molecule has 9 atom stereocenters. The van der Waals surface area contributed by atoms with Crippen LogP contribution >= 0.6 is 15.9 Å². The van der Waals surface area contributed by atoms with E-state index in [-0.39, 0.29) is 16.9 Å². The summed E-state index contributed by atoms with van der Waals surface area (Å²) in [5.41, 5.74) is 3.60. The zero-order chi connectivity index (χ0) is 27.8. The Kier molecular flexibility index (Phi) is 9.07. The summed E-state index contributed by atoms with van der Waals surface area (Å²) >= 11 is 3.61. The van der Waals surface area contributed by atoms with Crippen molar-refractivity contribution in [1.82, 2.24) is 0 Å². The summed E-state index contributed by atoms with van der Waals surface area (Å²) in [6.07, 6.45) is 17.6. The second-order valence-electron chi connectivity index (χ2n) is 14.7. The highest BCUT2D eigenvalue weighted by Crippen LogP contribution is 2.67. The molecule has 0 radical (unpaired) electrons. The van der Waals surface area contributed by atoms with Crippen molar-refractivity contribution in [3.05, 3.63) is 47.5 Å². The number of alkyl halides is 1. The average molecular weight is 598 g/mol. The van der Waals surface area contributed by atoms with Gasteiger partial charge in [0.15, 0.2) is 0 Å². The Balaban J connectivity index is 1.21. The van der Waals surface area contributed by atoms with E-state index in [1.807, 2.05) is 18.2 Å². The van der Waals surface area contributed by atoms with Crippen LogP contribution in [0.3, 0.4) is 0 Å². The largest absolute Gasteiger partial charge is 0.461 e. The molecule has 216 valence electrons. The lowest BCUT2D eigenvalue weighted by Gasteiger charge is -2.58. The van der Waals surface area contributed by atoms with Gasteiger partial charge in [0.2, 0.25) is 0 Å². The number of halogens is 1. The number of benzene rings is 1. The fourth-order valence-electron chi connectivity index (χ4n) is 9.90. The molecule has 4 aliphatic rings. The number of hydrogen-bond acceptors (Lipinski definition) is 2. The molecule has 3 saturated carbocycles. The van der Waals surface area contributed by atoms with Crippen molar-refractivity contribution in [2.24, 2.45) is 46.3 Å². The Bertz CT molecular complexity index is 1020. The lowest BCUT2D eigenvalue weighted by molar-refractivity contribution is -0.150. The number of hydrogen-bond donors (Lipinski definition) is 0. The summed E-state index contributed by atoms with van der Waals surface area (Å²) < 4.78 is 6.10. The van der Waals surface area contributed by atoms with Crippen LogP contribution in [0.4, 0.5) is 0 Å². The molecule has 0 spiro atoms.